The lowest BCUT2D eigenvalue weighted by Crippen LogP contribution is -2.59. The zero-order chi connectivity index (χ0) is 31.1. The average Bonchev–Trinajstić information content (AvgIpc) is 3.60. The van der Waals surface area contributed by atoms with Gasteiger partial charge in [0.1, 0.15) is 23.7 Å². The van der Waals surface area contributed by atoms with Crippen LogP contribution in [0.1, 0.15) is 45.6 Å². The number of halogens is 1. The van der Waals surface area contributed by atoms with Crippen LogP contribution in [0.15, 0.2) is 42.5 Å². The van der Waals surface area contributed by atoms with E-state index in [9.17, 15) is 24.3 Å². The smallest absolute Gasteiger partial charge is 0.313 e. The van der Waals surface area contributed by atoms with Crippen molar-refractivity contribution >= 4 is 41.0 Å². The Labute approximate surface area is 257 Å². The van der Waals surface area contributed by atoms with E-state index in [4.69, 9.17) is 21.1 Å². The fourth-order valence-corrected chi connectivity index (χ4v) is 7.27. The molecule has 11 heteroatoms. The molecule has 0 radical (unpaired) electrons. The SMILES string of the molecule is Cc1cccc(Cl)c1N1C/C=C\CCC(=O)NC[C@@H](C)OC(=O)[C@@H]2[C@@H]3C=C[C@]4(O3)[C@H](C1=O)N([C@@H](CO)CC(C)C)C(=O)[C@@H]24. The number of likely N-dealkylation sites (tertiary alicyclic amines) is 1. The van der Waals surface area contributed by atoms with Crippen LogP contribution in [0.2, 0.25) is 5.02 Å². The first-order valence-electron chi connectivity index (χ1n) is 15.0. The standard InChI is InChI=1S/C32H40ClN3O7/c1-18(2)15-21(17-37)36-28-30(40)35(27-19(3)9-8-10-22(27)33)14-7-5-6-11-24(38)34-16-20(4)42-31(41)25-23-12-13-32(28,43-23)26(25)29(36)39/h5,7-10,12-13,18,20-21,23,25-26,28,37H,6,11,14-17H2,1-4H3,(H,34,38)/b7-5-/t20-,21-,23+,25-,26-,28+,32-/m1/s1. The van der Waals surface area contributed by atoms with Crippen LogP contribution >= 0.6 is 11.6 Å². The predicted molar refractivity (Wildman–Crippen MR) is 160 cm³/mol. The van der Waals surface area contributed by atoms with Crippen LogP contribution in [0, 0.1) is 24.7 Å². The number of hydrogen-bond donors (Lipinski definition) is 2. The molecule has 4 heterocycles. The number of nitrogens with zero attached hydrogens (tertiary/aromatic N) is 2. The summed E-state index contributed by atoms with van der Waals surface area (Å²) < 4.78 is 12.2. The Bertz CT molecular complexity index is 1330. The second kappa shape index (κ2) is 12.4. The lowest BCUT2D eigenvalue weighted by molar-refractivity contribution is -0.159. The number of nitrogens with one attached hydrogen (secondary N) is 1. The Kier molecular flexibility index (Phi) is 9.02. The molecular weight excluding hydrogens is 574 g/mol. The van der Waals surface area contributed by atoms with Gasteiger partial charge < -0.3 is 29.7 Å². The van der Waals surface area contributed by atoms with E-state index in [1.807, 2.05) is 32.9 Å². The van der Waals surface area contributed by atoms with Crippen LogP contribution in [0.4, 0.5) is 5.69 Å². The van der Waals surface area contributed by atoms with Gasteiger partial charge in [-0.25, -0.2) is 0 Å². The molecule has 0 aromatic heterocycles. The third-order valence-electron chi connectivity index (χ3n) is 8.79. The molecule has 232 valence electrons. The van der Waals surface area contributed by atoms with Gasteiger partial charge in [0, 0.05) is 13.0 Å². The molecular formula is C32H40ClN3O7. The zero-order valence-corrected chi connectivity index (χ0v) is 25.8. The van der Waals surface area contributed by atoms with Crippen molar-refractivity contribution in [2.24, 2.45) is 17.8 Å². The van der Waals surface area contributed by atoms with E-state index in [1.165, 1.54) is 9.80 Å². The predicted octanol–water partition coefficient (Wildman–Crippen LogP) is 2.94. The van der Waals surface area contributed by atoms with Gasteiger partial charge in [-0.2, -0.15) is 0 Å². The van der Waals surface area contributed by atoms with Crippen molar-refractivity contribution in [3.63, 3.8) is 0 Å². The first-order chi connectivity index (χ1) is 20.5. The van der Waals surface area contributed by atoms with E-state index >= 15 is 0 Å². The number of carbonyl (C=O) groups excluding carboxylic acids is 4. The van der Waals surface area contributed by atoms with E-state index in [1.54, 1.807) is 37.3 Å². The lowest BCUT2D eigenvalue weighted by atomic mass is 9.74. The molecule has 43 heavy (non-hydrogen) atoms. The van der Waals surface area contributed by atoms with Gasteiger partial charge in [-0.15, -0.1) is 0 Å². The van der Waals surface area contributed by atoms with Crippen molar-refractivity contribution in [2.75, 3.05) is 24.6 Å². The van der Waals surface area contributed by atoms with Gasteiger partial charge in [-0.3, -0.25) is 19.2 Å². The van der Waals surface area contributed by atoms with E-state index in [2.05, 4.69) is 5.32 Å². The third kappa shape index (κ3) is 5.60. The molecule has 2 saturated heterocycles. The van der Waals surface area contributed by atoms with E-state index < -0.39 is 59.5 Å². The number of cyclic esters (lactones) is 1. The summed E-state index contributed by atoms with van der Waals surface area (Å²) in [5.41, 5.74) is -0.185. The van der Waals surface area contributed by atoms with Crippen molar-refractivity contribution in [2.45, 2.75) is 76.9 Å². The van der Waals surface area contributed by atoms with Gasteiger partial charge in [0.05, 0.1) is 41.9 Å². The number of benzene rings is 1. The number of anilines is 1. The molecule has 7 atom stereocenters. The topological polar surface area (TPSA) is 125 Å². The molecule has 0 saturated carbocycles. The summed E-state index contributed by atoms with van der Waals surface area (Å²) in [5.74, 6) is -3.58. The Morgan fingerprint density at radius 3 is 2.63 bits per heavy atom. The van der Waals surface area contributed by atoms with Gasteiger partial charge in [-0.1, -0.05) is 61.9 Å². The van der Waals surface area contributed by atoms with Crippen LogP contribution in [0.5, 0.6) is 0 Å². The van der Waals surface area contributed by atoms with Crippen LogP contribution in [0.25, 0.3) is 0 Å². The third-order valence-corrected chi connectivity index (χ3v) is 9.09. The van der Waals surface area contributed by atoms with Crippen LogP contribution < -0.4 is 10.2 Å². The minimum atomic E-state index is -1.44. The van der Waals surface area contributed by atoms with Crippen molar-refractivity contribution < 1.29 is 33.8 Å². The fraction of sp³-hybridized carbons (Fsp3) is 0.562. The molecule has 5 rings (SSSR count). The molecule has 2 fully saturated rings. The highest BCUT2D eigenvalue weighted by atomic mass is 35.5. The second-order valence-corrected chi connectivity index (χ2v) is 12.7. The first kappa shape index (κ1) is 31.2. The number of ether oxygens (including phenoxy) is 2. The summed E-state index contributed by atoms with van der Waals surface area (Å²) in [6.45, 7) is 7.37. The van der Waals surface area contributed by atoms with Crippen molar-refractivity contribution in [1.82, 2.24) is 10.2 Å². The Balaban J connectivity index is 1.66. The molecule has 5 bridgehead atoms. The minimum Gasteiger partial charge on any atom is -0.460 e. The molecule has 4 aliphatic rings. The minimum absolute atomic E-state index is 0.110. The molecule has 0 aliphatic carbocycles. The van der Waals surface area contributed by atoms with Crippen LogP contribution in [0.3, 0.4) is 0 Å². The molecule has 0 unspecified atom stereocenters. The maximum Gasteiger partial charge on any atom is 0.313 e. The number of hydrogen-bond acceptors (Lipinski definition) is 7. The van der Waals surface area contributed by atoms with Crippen molar-refractivity contribution in [3.05, 3.63) is 53.1 Å². The quantitative estimate of drug-likeness (QED) is 0.386. The summed E-state index contributed by atoms with van der Waals surface area (Å²) in [6.07, 6.45) is 6.80. The number of carbonyl (C=O) groups is 4. The number of aliphatic hydroxyl groups is 1. The highest BCUT2D eigenvalue weighted by molar-refractivity contribution is 6.34. The first-order valence-corrected chi connectivity index (χ1v) is 15.4. The molecule has 10 nitrogen and oxygen atoms in total. The van der Waals surface area contributed by atoms with E-state index in [-0.39, 0.29) is 37.9 Å². The Hall–Kier alpha value is -3.21. The van der Waals surface area contributed by atoms with Gasteiger partial charge in [0.25, 0.3) is 5.91 Å². The van der Waals surface area contributed by atoms with Gasteiger partial charge >= 0.3 is 5.97 Å². The number of allylic oxidation sites excluding steroid dienone is 1. The Morgan fingerprint density at radius 1 is 1.16 bits per heavy atom. The van der Waals surface area contributed by atoms with Crippen LogP contribution in [-0.2, 0) is 28.7 Å². The molecule has 3 amide bonds. The number of para-hydroxylation sites is 1. The summed E-state index contributed by atoms with van der Waals surface area (Å²) in [7, 11) is 0. The maximum absolute atomic E-state index is 14.9. The summed E-state index contributed by atoms with van der Waals surface area (Å²) >= 11 is 6.69. The number of esters is 1. The maximum atomic E-state index is 14.9. The molecule has 2 N–H and O–H groups in total. The van der Waals surface area contributed by atoms with Crippen molar-refractivity contribution in [3.8, 4) is 0 Å². The monoisotopic (exact) mass is 613 g/mol. The lowest BCUT2D eigenvalue weighted by Gasteiger charge is -2.39. The molecule has 1 spiro atoms. The van der Waals surface area contributed by atoms with Gasteiger partial charge in [0.2, 0.25) is 11.8 Å². The van der Waals surface area contributed by atoms with Crippen LogP contribution in [-0.4, -0.2) is 83.3 Å². The number of fused-ring (bicyclic) bond motifs is 2. The zero-order valence-electron chi connectivity index (χ0n) is 25.0. The van der Waals surface area contributed by atoms with Gasteiger partial charge in [0.15, 0.2) is 0 Å². The van der Waals surface area contributed by atoms with Crippen molar-refractivity contribution in [1.29, 1.82) is 0 Å². The summed E-state index contributed by atoms with van der Waals surface area (Å²) in [6, 6.07) is 3.50. The number of aryl methyl sites for hydroxylation is 1. The number of aliphatic hydroxyl groups excluding tert-OH is 1. The number of amides is 3. The summed E-state index contributed by atoms with van der Waals surface area (Å²) in [4.78, 5) is 58.4. The molecule has 1 aromatic rings. The van der Waals surface area contributed by atoms with E-state index in [0.29, 0.717) is 23.6 Å². The molecule has 1 aromatic carbocycles. The fourth-order valence-electron chi connectivity index (χ4n) is 6.95. The normalized spacial score (nSPS) is 32.7. The highest BCUT2D eigenvalue weighted by Gasteiger charge is 2.74. The highest BCUT2D eigenvalue weighted by Crippen LogP contribution is 2.56. The summed E-state index contributed by atoms with van der Waals surface area (Å²) in [5, 5.41) is 13.7. The Morgan fingerprint density at radius 2 is 1.93 bits per heavy atom. The van der Waals surface area contributed by atoms with Gasteiger partial charge in [-0.05, 0) is 44.2 Å². The second-order valence-electron chi connectivity index (χ2n) is 12.3. The average molecular weight is 614 g/mol. The van der Waals surface area contributed by atoms with E-state index in [0.717, 1.165) is 5.56 Å². The number of rotatable bonds is 5. The molecule has 4 aliphatic heterocycles. The largest absolute Gasteiger partial charge is 0.460 e.